The van der Waals surface area contributed by atoms with Crippen molar-refractivity contribution in [3.63, 3.8) is 0 Å². The van der Waals surface area contributed by atoms with E-state index in [-0.39, 0.29) is 0 Å². The molecule has 0 unspecified atom stereocenters. The molecule has 140 valence electrons. The lowest BCUT2D eigenvalue weighted by molar-refractivity contribution is 0.324. The van der Waals surface area contributed by atoms with Gasteiger partial charge in [0.15, 0.2) is 11.5 Å². The van der Waals surface area contributed by atoms with Crippen molar-refractivity contribution in [1.29, 1.82) is 0 Å². The molecule has 0 radical (unpaired) electrons. The number of rotatable bonds is 6. The van der Waals surface area contributed by atoms with Crippen LogP contribution in [0.25, 0.3) is 23.4 Å². The van der Waals surface area contributed by atoms with Gasteiger partial charge >= 0.3 is 0 Å². The van der Waals surface area contributed by atoms with E-state index in [0.29, 0.717) is 33.1 Å². The van der Waals surface area contributed by atoms with E-state index in [0.717, 1.165) is 16.8 Å². The molecule has 0 aliphatic carbocycles. The quantitative estimate of drug-likeness (QED) is 0.582. The van der Waals surface area contributed by atoms with Crippen molar-refractivity contribution in [3.8, 4) is 28.5 Å². The Bertz CT molecular complexity index is 983. The number of hydrogen-bond acceptors (Lipinski definition) is 4. The average molecular weight is 405 g/mol. The van der Waals surface area contributed by atoms with Crippen molar-refractivity contribution in [2.45, 2.75) is 0 Å². The van der Waals surface area contributed by atoms with Crippen molar-refractivity contribution < 1.29 is 14.2 Å². The molecule has 3 aromatic rings. The van der Waals surface area contributed by atoms with Gasteiger partial charge in [0.25, 0.3) is 0 Å². The molecular weight excluding hydrogens is 387 g/mol. The summed E-state index contributed by atoms with van der Waals surface area (Å²) in [5, 5.41) is 1.15. The van der Waals surface area contributed by atoms with Crippen molar-refractivity contribution in [2.75, 3.05) is 21.3 Å². The largest absolute Gasteiger partial charge is 0.493 e. The summed E-state index contributed by atoms with van der Waals surface area (Å²) in [5.74, 6) is 2.40. The summed E-state index contributed by atoms with van der Waals surface area (Å²) < 4.78 is 16.2. The molecule has 1 N–H and O–H groups in total. The maximum absolute atomic E-state index is 6.26. The Hall–Kier alpha value is -2.63. The molecule has 1 aromatic heterocycles. The van der Waals surface area contributed by atoms with E-state index >= 15 is 0 Å². The Morgan fingerprint density at radius 2 is 1.70 bits per heavy atom. The first kappa shape index (κ1) is 19.1. The molecule has 0 amide bonds. The van der Waals surface area contributed by atoms with E-state index in [1.54, 1.807) is 39.7 Å². The molecule has 0 saturated heterocycles. The van der Waals surface area contributed by atoms with Crippen LogP contribution in [0, 0.1) is 0 Å². The summed E-state index contributed by atoms with van der Waals surface area (Å²) in [7, 11) is 4.74. The molecule has 5 nitrogen and oxygen atoms in total. The number of aromatic amines is 1. The van der Waals surface area contributed by atoms with Gasteiger partial charge in [0.1, 0.15) is 5.82 Å². The lowest BCUT2D eigenvalue weighted by Gasteiger charge is -2.13. The summed E-state index contributed by atoms with van der Waals surface area (Å²) in [6, 6.07) is 9.04. The number of nitrogens with zero attached hydrogens (tertiary/aromatic N) is 1. The number of hydrogen-bond donors (Lipinski definition) is 1. The molecule has 27 heavy (non-hydrogen) atoms. The van der Waals surface area contributed by atoms with Crippen molar-refractivity contribution >= 4 is 35.4 Å². The minimum absolute atomic E-state index is 0.537. The summed E-state index contributed by atoms with van der Waals surface area (Å²) in [4.78, 5) is 7.60. The third-order valence-corrected chi connectivity index (χ3v) is 4.52. The van der Waals surface area contributed by atoms with Gasteiger partial charge in [-0.25, -0.2) is 4.98 Å². The van der Waals surface area contributed by atoms with Crippen LogP contribution in [-0.2, 0) is 0 Å². The van der Waals surface area contributed by atoms with Crippen LogP contribution in [0.2, 0.25) is 10.0 Å². The van der Waals surface area contributed by atoms with Crippen molar-refractivity contribution in [2.24, 2.45) is 0 Å². The van der Waals surface area contributed by atoms with Crippen LogP contribution in [0.15, 0.2) is 36.5 Å². The third kappa shape index (κ3) is 4.04. The summed E-state index contributed by atoms with van der Waals surface area (Å²) in [6.45, 7) is 0. The molecule has 3 rings (SSSR count). The molecule has 0 aliphatic heterocycles. The van der Waals surface area contributed by atoms with E-state index in [1.165, 1.54) is 0 Å². The molecule has 0 atom stereocenters. The maximum Gasteiger partial charge on any atom is 0.203 e. The summed E-state index contributed by atoms with van der Waals surface area (Å²) in [5.41, 5.74) is 2.46. The predicted octanol–water partition coefficient (Wildman–Crippen LogP) is 5.58. The minimum atomic E-state index is 0.537. The fourth-order valence-electron chi connectivity index (χ4n) is 2.69. The standard InChI is InChI=1S/C20H18Cl2N2O3/c1-25-17-8-4-12(19(26-2)20(17)27-3)5-9-18-23-11-16(24-18)14-7-6-13(21)10-15(14)22/h4-11H,1-3H3,(H,23,24). The maximum atomic E-state index is 6.26. The van der Waals surface area contributed by atoms with Gasteiger partial charge in [0.2, 0.25) is 5.75 Å². The fourth-order valence-corrected chi connectivity index (χ4v) is 3.20. The third-order valence-electron chi connectivity index (χ3n) is 3.97. The highest BCUT2D eigenvalue weighted by atomic mass is 35.5. The highest BCUT2D eigenvalue weighted by Crippen LogP contribution is 2.40. The number of aromatic nitrogens is 2. The first-order valence-corrected chi connectivity index (χ1v) is 8.80. The van der Waals surface area contributed by atoms with Gasteiger partial charge in [-0.3, -0.25) is 0 Å². The molecule has 1 heterocycles. The van der Waals surface area contributed by atoms with E-state index in [9.17, 15) is 0 Å². The average Bonchev–Trinajstić information content (AvgIpc) is 3.13. The van der Waals surface area contributed by atoms with Crippen LogP contribution >= 0.6 is 23.2 Å². The predicted molar refractivity (Wildman–Crippen MR) is 109 cm³/mol. The number of H-pyrrole nitrogens is 1. The lowest BCUT2D eigenvalue weighted by atomic mass is 10.1. The Morgan fingerprint density at radius 1 is 0.926 bits per heavy atom. The second-order valence-corrected chi connectivity index (χ2v) is 6.41. The van der Waals surface area contributed by atoms with E-state index < -0.39 is 0 Å². The first-order chi connectivity index (χ1) is 13.1. The molecule has 0 aliphatic rings. The zero-order valence-electron chi connectivity index (χ0n) is 15.0. The van der Waals surface area contributed by atoms with Crippen molar-refractivity contribution in [3.05, 3.63) is 58.0 Å². The Kier molecular flexibility index (Phi) is 5.94. The van der Waals surface area contributed by atoms with E-state index in [2.05, 4.69) is 9.97 Å². The van der Waals surface area contributed by atoms with Crippen LogP contribution in [0.4, 0.5) is 0 Å². The molecular formula is C20H18Cl2N2O3. The molecule has 0 bridgehead atoms. The Balaban J connectivity index is 1.90. The first-order valence-electron chi connectivity index (χ1n) is 8.04. The van der Waals surface area contributed by atoms with Crippen LogP contribution in [0.5, 0.6) is 17.2 Å². The number of halogens is 2. The van der Waals surface area contributed by atoms with Crippen LogP contribution in [0.3, 0.4) is 0 Å². The summed E-state index contributed by atoms with van der Waals surface area (Å²) in [6.07, 6.45) is 5.45. The lowest BCUT2D eigenvalue weighted by Crippen LogP contribution is -1.96. The molecule has 0 saturated carbocycles. The topological polar surface area (TPSA) is 56.4 Å². The van der Waals surface area contributed by atoms with Crippen molar-refractivity contribution in [1.82, 2.24) is 9.97 Å². The second kappa shape index (κ2) is 8.37. The minimum Gasteiger partial charge on any atom is -0.493 e. The number of ether oxygens (including phenoxy) is 3. The monoisotopic (exact) mass is 404 g/mol. The van der Waals surface area contributed by atoms with Crippen LogP contribution < -0.4 is 14.2 Å². The number of benzene rings is 2. The molecule has 0 spiro atoms. The van der Waals surface area contributed by atoms with Crippen LogP contribution in [0.1, 0.15) is 11.4 Å². The smallest absolute Gasteiger partial charge is 0.203 e. The van der Waals surface area contributed by atoms with Crippen LogP contribution in [-0.4, -0.2) is 31.3 Å². The van der Waals surface area contributed by atoms with Gasteiger partial charge in [-0.2, -0.15) is 0 Å². The molecule has 0 fully saturated rings. The fraction of sp³-hybridized carbons (Fsp3) is 0.150. The van der Waals surface area contributed by atoms with Gasteiger partial charge in [-0.15, -0.1) is 0 Å². The van der Waals surface area contributed by atoms with E-state index in [4.69, 9.17) is 37.4 Å². The zero-order valence-corrected chi connectivity index (χ0v) is 16.6. The Labute approximate surface area is 167 Å². The van der Waals surface area contributed by atoms with Gasteiger partial charge in [-0.1, -0.05) is 23.2 Å². The highest BCUT2D eigenvalue weighted by molar-refractivity contribution is 6.36. The molecule has 7 heteroatoms. The SMILES string of the molecule is COc1ccc(C=Cc2ncc(-c3ccc(Cl)cc3Cl)[nH]2)c(OC)c1OC. The van der Waals surface area contributed by atoms with Gasteiger partial charge in [0, 0.05) is 16.1 Å². The second-order valence-electron chi connectivity index (χ2n) is 5.56. The Morgan fingerprint density at radius 3 is 2.37 bits per heavy atom. The van der Waals surface area contributed by atoms with Gasteiger partial charge < -0.3 is 19.2 Å². The van der Waals surface area contributed by atoms with Gasteiger partial charge in [0.05, 0.1) is 38.2 Å². The number of nitrogens with one attached hydrogen (secondary N) is 1. The number of methoxy groups -OCH3 is 3. The van der Waals surface area contributed by atoms with Gasteiger partial charge in [-0.05, 0) is 42.5 Å². The summed E-state index contributed by atoms with van der Waals surface area (Å²) >= 11 is 12.2. The van der Waals surface area contributed by atoms with E-state index in [1.807, 2.05) is 30.4 Å². The highest BCUT2D eigenvalue weighted by Gasteiger charge is 2.14. The normalized spacial score (nSPS) is 11.0. The zero-order chi connectivity index (χ0) is 19.4. The molecule has 2 aromatic carbocycles. The number of imidazole rings is 1.